The Kier molecular flexibility index (Phi) is 9.34. The number of carbonyl (C=O) groups excluding carboxylic acids is 1. The third-order valence-electron chi connectivity index (χ3n) is 5.63. The number of carbonyl (C=O) groups is 1. The first-order chi connectivity index (χ1) is 15.2. The number of aryl methyl sites for hydroxylation is 1. The molecule has 3 rings (SSSR count). The number of thiazole rings is 1. The molecule has 1 saturated heterocycles. The fourth-order valence-electron chi connectivity index (χ4n) is 3.84. The Labute approximate surface area is 190 Å². The number of nitrogens with one attached hydrogen (secondary N) is 2. The molecule has 2 heterocycles. The number of amides is 1. The molecule has 0 bridgehead atoms. The van der Waals surface area contributed by atoms with Gasteiger partial charge in [0, 0.05) is 43.7 Å². The lowest BCUT2D eigenvalue weighted by atomic mass is 9.90. The van der Waals surface area contributed by atoms with Crippen molar-refractivity contribution in [1.82, 2.24) is 20.5 Å². The highest BCUT2D eigenvalue weighted by Crippen LogP contribution is 2.21. The molecule has 0 radical (unpaired) electrons. The van der Waals surface area contributed by atoms with Crippen LogP contribution in [0.4, 0.5) is 0 Å². The van der Waals surface area contributed by atoms with Crippen LogP contribution in [0.2, 0.25) is 0 Å². The SMILES string of the molecule is CCNC(=NCC(=O)N1CCC(Cc2ccccc2)CC1)NCCc1ncc(CC)s1. The molecular weight excluding hydrogens is 406 g/mol. The molecule has 168 valence electrons. The first-order valence-electron chi connectivity index (χ1n) is 11.4. The molecule has 31 heavy (non-hydrogen) atoms. The van der Waals surface area contributed by atoms with Gasteiger partial charge in [0.25, 0.3) is 0 Å². The molecule has 0 spiro atoms. The molecule has 2 N–H and O–H groups in total. The third-order valence-corrected chi connectivity index (χ3v) is 6.83. The number of nitrogens with zero attached hydrogens (tertiary/aromatic N) is 3. The van der Waals surface area contributed by atoms with Crippen molar-refractivity contribution >= 4 is 23.2 Å². The van der Waals surface area contributed by atoms with E-state index < -0.39 is 0 Å². The summed E-state index contributed by atoms with van der Waals surface area (Å²) >= 11 is 1.76. The number of likely N-dealkylation sites (tertiary alicyclic amines) is 1. The molecule has 1 aromatic carbocycles. The first kappa shape index (κ1) is 23.3. The zero-order chi connectivity index (χ0) is 21.9. The van der Waals surface area contributed by atoms with Crippen LogP contribution in [0.3, 0.4) is 0 Å². The van der Waals surface area contributed by atoms with Crippen molar-refractivity contribution in [3.05, 3.63) is 52.0 Å². The van der Waals surface area contributed by atoms with E-state index in [0.717, 1.165) is 63.3 Å². The zero-order valence-corrected chi connectivity index (χ0v) is 19.6. The molecule has 0 unspecified atom stereocenters. The van der Waals surface area contributed by atoms with Crippen molar-refractivity contribution in [2.45, 2.75) is 46.0 Å². The van der Waals surface area contributed by atoms with Gasteiger partial charge in [-0.1, -0.05) is 37.3 Å². The van der Waals surface area contributed by atoms with E-state index in [-0.39, 0.29) is 12.5 Å². The van der Waals surface area contributed by atoms with Crippen LogP contribution >= 0.6 is 11.3 Å². The smallest absolute Gasteiger partial charge is 0.244 e. The summed E-state index contributed by atoms with van der Waals surface area (Å²) in [6.07, 6.45) is 7.08. The van der Waals surface area contributed by atoms with Crippen molar-refractivity contribution < 1.29 is 4.79 Å². The third kappa shape index (κ3) is 7.65. The number of rotatable bonds is 9. The van der Waals surface area contributed by atoms with Gasteiger partial charge in [0.05, 0.1) is 5.01 Å². The largest absolute Gasteiger partial charge is 0.357 e. The Bertz CT molecular complexity index is 828. The maximum Gasteiger partial charge on any atom is 0.244 e. The van der Waals surface area contributed by atoms with Crippen molar-refractivity contribution in [3.63, 3.8) is 0 Å². The highest BCUT2D eigenvalue weighted by atomic mass is 32.1. The number of hydrogen-bond donors (Lipinski definition) is 2. The van der Waals surface area contributed by atoms with Gasteiger partial charge in [-0.25, -0.2) is 9.98 Å². The van der Waals surface area contributed by atoms with Crippen LogP contribution < -0.4 is 10.6 Å². The van der Waals surface area contributed by atoms with E-state index in [1.54, 1.807) is 11.3 Å². The Balaban J connectivity index is 1.41. The van der Waals surface area contributed by atoms with E-state index >= 15 is 0 Å². The summed E-state index contributed by atoms with van der Waals surface area (Å²) in [5.41, 5.74) is 1.39. The van der Waals surface area contributed by atoms with Gasteiger partial charge in [-0.3, -0.25) is 4.79 Å². The van der Waals surface area contributed by atoms with Crippen LogP contribution in [0.1, 0.15) is 42.1 Å². The maximum absolute atomic E-state index is 12.7. The van der Waals surface area contributed by atoms with Gasteiger partial charge in [0.15, 0.2) is 5.96 Å². The molecule has 1 aliphatic rings. The average Bonchev–Trinajstić information content (AvgIpc) is 3.26. The number of aliphatic imine (C=N–C) groups is 1. The van der Waals surface area contributed by atoms with Gasteiger partial charge in [0.2, 0.25) is 5.91 Å². The Morgan fingerprint density at radius 1 is 1.19 bits per heavy atom. The standard InChI is InChI=1S/C24H35N5OS/c1-3-21-17-27-22(31-21)10-13-26-24(25-4-2)28-18-23(30)29-14-11-20(12-15-29)16-19-8-6-5-7-9-19/h5-9,17,20H,3-4,10-16,18H2,1-2H3,(H2,25,26,28). The summed E-state index contributed by atoms with van der Waals surface area (Å²) in [4.78, 5) is 24.9. The van der Waals surface area contributed by atoms with Crippen LogP contribution in [0.15, 0.2) is 41.5 Å². The molecule has 1 fully saturated rings. The van der Waals surface area contributed by atoms with E-state index in [1.165, 1.54) is 10.4 Å². The number of piperidine rings is 1. The molecule has 1 amide bonds. The first-order valence-corrected chi connectivity index (χ1v) is 12.3. The van der Waals surface area contributed by atoms with Crippen LogP contribution in [0, 0.1) is 5.92 Å². The minimum absolute atomic E-state index is 0.114. The van der Waals surface area contributed by atoms with Gasteiger partial charge >= 0.3 is 0 Å². The second-order valence-corrected chi connectivity index (χ2v) is 9.16. The quantitative estimate of drug-likeness (QED) is 0.463. The molecular formula is C24H35N5OS. The predicted molar refractivity (Wildman–Crippen MR) is 129 cm³/mol. The molecule has 2 aromatic rings. The van der Waals surface area contributed by atoms with Crippen LogP contribution in [-0.2, 0) is 24.1 Å². The van der Waals surface area contributed by atoms with Crippen molar-refractivity contribution in [3.8, 4) is 0 Å². The lowest BCUT2D eigenvalue weighted by Gasteiger charge is -2.32. The molecule has 1 aromatic heterocycles. The van der Waals surface area contributed by atoms with Gasteiger partial charge in [-0.05, 0) is 44.1 Å². The van der Waals surface area contributed by atoms with Gasteiger partial charge in [-0.15, -0.1) is 11.3 Å². The van der Waals surface area contributed by atoms with Crippen molar-refractivity contribution in [1.29, 1.82) is 0 Å². The Morgan fingerprint density at radius 3 is 2.65 bits per heavy atom. The fourth-order valence-corrected chi connectivity index (χ4v) is 4.70. The molecule has 0 saturated carbocycles. The van der Waals surface area contributed by atoms with E-state index in [0.29, 0.717) is 11.9 Å². The van der Waals surface area contributed by atoms with Crippen LogP contribution in [-0.4, -0.2) is 54.5 Å². The summed E-state index contributed by atoms with van der Waals surface area (Å²) in [6.45, 7) is 7.55. The zero-order valence-electron chi connectivity index (χ0n) is 18.8. The van der Waals surface area contributed by atoms with Crippen LogP contribution in [0.25, 0.3) is 0 Å². The van der Waals surface area contributed by atoms with E-state index in [2.05, 4.69) is 57.9 Å². The Hall–Kier alpha value is -2.41. The fraction of sp³-hybridized carbons (Fsp3) is 0.542. The summed E-state index contributed by atoms with van der Waals surface area (Å²) in [5, 5.41) is 7.69. The molecule has 1 aliphatic heterocycles. The lowest BCUT2D eigenvalue weighted by molar-refractivity contribution is -0.130. The second-order valence-electron chi connectivity index (χ2n) is 7.96. The number of benzene rings is 1. The molecule has 0 atom stereocenters. The van der Waals surface area contributed by atoms with Crippen LogP contribution in [0.5, 0.6) is 0 Å². The Morgan fingerprint density at radius 2 is 1.97 bits per heavy atom. The maximum atomic E-state index is 12.7. The van der Waals surface area contributed by atoms with Gasteiger partial charge < -0.3 is 15.5 Å². The molecule has 7 heteroatoms. The summed E-state index contributed by atoms with van der Waals surface area (Å²) in [6, 6.07) is 10.6. The highest BCUT2D eigenvalue weighted by molar-refractivity contribution is 7.11. The second kappa shape index (κ2) is 12.4. The van der Waals surface area contributed by atoms with Crippen molar-refractivity contribution in [2.24, 2.45) is 10.9 Å². The summed E-state index contributed by atoms with van der Waals surface area (Å²) in [5.74, 6) is 1.47. The topological polar surface area (TPSA) is 69.6 Å². The average molecular weight is 442 g/mol. The predicted octanol–water partition coefficient (Wildman–Crippen LogP) is 3.28. The number of guanidine groups is 1. The van der Waals surface area contributed by atoms with E-state index in [9.17, 15) is 4.79 Å². The molecule has 6 nitrogen and oxygen atoms in total. The van der Waals surface area contributed by atoms with E-state index in [4.69, 9.17) is 0 Å². The number of hydrogen-bond acceptors (Lipinski definition) is 4. The molecule has 0 aliphatic carbocycles. The highest BCUT2D eigenvalue weighted by Gasteiger charge is 2.22. The minimum atomic E-state index is 0.114. The summed E-state index contributed by atoms with van der Waals surface area (Å²) < 4.78 is 0. The monoisotopic (exact) mass is 441 g/mol. The minimum Gasteiger partial charge on any atom is -0.357 e. The number of aromatic nitrogens is 1. The van der Waals surface area contributed by atoms with Gasteiger partial charge in [0.1, 0.15) is 6.54 Å². The van der Waals surface area contributed by atoms with E-state index in [1.807, 2.05) is 18.0 Å². The normalized spacial score (nSPS) is 15.2. The van der Waals surface area contributed by atoms with Gasteiger partial charge in [-0.2, -0.15) is 0 Å². The van der Waals surface area contributed by atoms with Crippen molar-refractivity contribution in [2.75, 3.05) is 32.7 Å². The lowest BCUT2D eigenvalue weighted by Crippen LogP contribution is -2.42. The summed E-state index contributed by atoms with van der Waals surface area (Å²) in [7, 11) is 0.